The summed E-state index contributed by atoms with van der Waals surface area (Å²) in [4.78, 5) is 34.5. The van der Waals surface area contributed by atoms with Gasteiger partial charge in [0.2, 0.25) is 11.8 Å². The number of carbonyl (C=O) groups is 2. The third-order valence-electron chi connectivity index (χ3n) is 6.87. The van der Waals surface area contributed by atoms with Crippen molar-refractivity contribution in [2.75, 3.05) is 31.3 Å². The van der Waals surface area contributed by atoms with E-state index in [1.807, 2.05) is 47.4 Å². The summed E-state index contributed by atoms with van der Waals surface area (Å²) in [6.07, 6.45) is 3.33. The third-order valence-corrected chi connectivity index (χ3v) is 6.87. The fourth-order valence-electron chi connectivity index (χ4n) is 5.36. The topological polar surface area (TPSA) is 83.0 Å². The maximum absolute atomic E-state index is 13.4. The molecule has 0 aliphatic carbocycles. The second-order valence-electron chi connectivity index (χ2n) is 8.54. The van der Waals surface area contributed by atoms with E-state index in [0.29, 0.717) is 25.5 Å². The number of aliphatic hydroxyl groups excluding tert-OH is 1. The summed E-state index contributed by atoms with van der Waals surface area (Å²) >= 11 is 0. The number of anilines is 1. The summed E-state index contributed by atoms with van der Waals surface area (Å²) in [5, 5.41) is 10.1. The number of aliphatic hydroxyl groups is 1. The van der Waals surface area contributed by atoms with Crippen LogP contribution < -0.4 is 4.90 Å². The quantitative estimate of drug-likeness (QED) is 0.813. The molecule has 2 aromatic rings. The SMILES string of the molecule is O=C(C1CCOCC1)N1C[C@@H]2[C@H](c3ccccc31)[C@@H](CO)N2C(=O)Cc1ccccn1. The zero-order valence-electron chi connectivity index (χ0n) is 17.4. The van der Waals surface area contributed by atoms with E-state index in [0.717, 1.165) is 24.1 Å². The first-order chi connectivity index (χ1) is 15.2. The molecule has 2 saturated heterocycles. The Hall–Kier alpha value is -2.77. The fraction of sp³-hybridized carbons (Fsp3) is 0.458. The van der Waals surface area contributed by atoms with E-state index < -0.39 is 0 Å². The monoisotopic (exact) mass is 421 g/mol. The van der Waals surface area contributed by atoms with Crippen LogP contribution in [0.3, 0.4) is 0 Å². The summed E-state index contributed by atoms with van der Waals surface area (Å²) < 4.78 is 5.43. The Balaban J connectivity index is 1.43. The molecule has 31 heavy (non-hydrogen) atoms. The minimum atomic E-state index is -0.275. The van der Waals surface area contributed by atoms with Crippen molar-refractivity contribution >= 4 is 17.5 Å². The average molecular weight is 421 g/mol. The van der Waals surface area contributed by atoms with Crippen molar-refractivity contribution in [1.29, 1.82) is 0 Å². The van der Waals surface area contributed by atoms with Gasteiger partial charge in [0.25, 0.3) is 0 Å². The van der Waals surface area contributed by atoms with Gasteiger partial charge in [-0.2, -0.15) is 0 Å². The average Bonchev–Trinajstić information content (AvgIpc) is 2.80. The largest absolute Gasteiger partial charge is 0.394 e. The maximum Gasteiger partial charge on any atom is 0.230 e. The van der Waals surface area contributed by atoms with E-state index in [2.05, 4.69) is 4.98 Å². The van der Waals surface area contributed by atoms with Crippen LogP contribution in [-0.4, -0.2) is 65.3 Å². The van der Waals surface area contributed by atoms with E-state index >= 15 is 0 Å². The molecule has 3 aliphatic rings. The summed E-state index contributed by atoms with van der Waals surface area (Å²) in [6.45, 7) is 1.58. The van der Waals surface area contributed by atoms with E-state index in [1.54, 1.807) is 11.1 Å². The van der Waals surface area contributed by atoms with E-state index in [9.17, 15) is 14.7 Å². The molecule has 3 aliphatic heterocycles. The lowest BCUT2D eigenvalue weighted by atomic mass is 9.71. The van der Waals surface area contributed by atoms with Gasteiger partial charge in [0.05, 0.1) is 25.1 Å². The number of amides is 2. The lowest BCUT2D eigenvalue weighted by Crippen LogP contribution is -2.71. The van der Waals surface area contributed by atoms with E-state index in [-0.39, 0.29) is 48.8 Å². The van der Waals surface area contributed by atoms with E-state index in [1.165, 1.54) is 0 Å². The zero-order chi connectivity index (χ0) is 21.4. The Kier molecular flexibility index (Phi) is 5.46. The van der Waals surface area contributed by atoms with Crippen molar-refractivity contribution in [3.63, 3.8) is 0 Å². The molecule has 0 radical (unpaired) electrons. The summed E-state index contributed by atoms with van der Waals surface area (Å²) in [5.41, 5.74) is 2.66. The van der Waals surface area contributed by atoms with Crippen LogP contribution in [0.1, 0.15) is 30.0 Å². The molecule has 3 atom stereocenters. The number of likely N-dealkylation sites (tertiary alicyclic amines) is 1. The fourth-order valence-corrected chi connectivity index (χ4v) is 5.36. The number of rotatable bonds is 4. The molecule has 7 nitrogen and oxygen atoms in total. The van der Waals surface area contributed by atoms with Crippen LogP contribution in [0.2, 0.25) is 0 Å². The van der Waals surface area contributed by atoms with E-state index in [4.69, 9.17) is 4.74 Å². The zero-order valence-corrected chi connectivity index (χ0v) is 17.4. The predicted octanol–water partition coefficient (Wildman–Crippen LogP) is 1.75. The Morgan fingerprint density at radius 2 is 1.87 bits per heavy atom. The molecule has 2 amide bonds. The van der Waals surface area contributed by atoms with Crippen molar-refractivity contribution in [2.45, 2.75) is 37.3 Å². The van der Waals surface area contributed by atoms with Crippen LogP contribution in [0.5, 0.6) is 0 Å². The van der Waals surface area contributed by atoms with Gasteiger partial charge in [-0.25, -0.2) is 0 Å². The molecular formula is C24H27N3O4. The van der Waals surface area contributed by atoms with Crippen LogP contribution in [0.4, 0.5) is 5.69 Å². The van der Waals surface area contributed by atoms with Gasteiger partial charge < -0.3 is 19.6 Å². The standard InChI is InChI=1S/C24H27N3O4/c28-15-21-23-18-6-1-2-7-19(18)26(24(30)16-8-11-31-12-9-16)14-20(23)27(21)22(29)13-17-5-3-4-10-25-17/h1-7,10,16,20-21,23,28H,8-9,11-15H2/t20-,21-,23+/m1/s1. The van der Waals surface area contributed by atoms with Gasteiger partial charge in [-0.15, -0.1) is 0 Å². The molecule has 1 aromatic carbocycles. The van der Waals surface area contributed by atoms with Crippen LogP contribution in [0, 0.1) is 5.92 Å². The van der Waals surface area contributed by atoms with Gasteiger partial charge in [0.1, 0.15) is 0 Å². The van der Waals surface area contributed by atoms with Crippen molar-refractivity contribution < 1.29 is 19.4 Å². The molecule has 0 spiro atoms. The number of para-hydroxylation sites is 1. The smallest absolute Gasteiger partial charge is 0.230 e. The molecule has 1 N–H and O–H groups in total. The summed E-state index contributed by atoms with van der Waals surface area (Å²) in [7, 11) is 0. The number of benzene rings is 1. The normalized spacial score (nSPS) is 25.4. The van der Waals surface area contributed by atoms with Gasteiger partial charge in [-0.1, -0.05) is 24.3 Å². The van der Waals surface area contributed by atoms with Crippen molar-refractivity contribution in [2.24, 2.45) is 5.92 Å². The Morgan fingerprint density at radius 3 is 2.61 bits per heavy atom. The highest BCUT2D eigenvalue weighted by molar-refractivity contribution is 5.97. The highest BCUT2D eigenvalue weighted by atomic mass is 16.5. The molecule has 7 heteroatoms. The molecule has 0 saturated carbocycles. The van der Waals surface area contributed by atoms with Gasteiger partial charge in [-0.3, -0.25) is 14.6 Å². The number of nitrogens with zero attached hydrogens (tertiary/aromatic N) is 3. The number of ether oxygens (including phenoxy) is 1. The van der Waals surface area contributed by atoms with Gasteiger partial charge in [0, 0.05) is 49.2 Å². The summed E-state index contributed by atoms with van der Waals surface area (Å²) in [6, 6.07) is 13.0. The number of fused-ring (bicyclic) bond motifs is 3. The molecule has 0 bridgehead atoms. The lowest BCUT2D eigenvalue weighted by Gasteiger charge is -2.59. The number of carbonyl (C=O) groups excluding carboxylic acids is 2. The van der Waals surface area contributed by atoms with Crippen LogP contribution >= 0.6 is 0 Å². The number of aromatic nitrogens is 1. The first-order valence-corrected chi connectivity index (χ1v) is 11.0. The maximum atomic E-state index is 13.4. The first kappa shape index (κ1) is 20.2. The minimum Gasteiger partial charge on any atom is -0.394 e. The van der Waals surface area contributed by atoms with Crippen LogP contribution in [0.15, 0.2) is 48.7 Å². The molecule has 1 aromatic heterocycles. The van der Waals surface area contributed by atoms with Crippen LogP contribution in [-0.2, 0) is 20.7 Å². The molecule has 2 fully saturated rings. The molecule has 5 rings (SSSR count). The second kappa shape index (κ2) is 8.40. The lowest BCUT2D eigenvalue weighted by molar-refractivity contribution is -0.150. The minimum absolute atomic E-state index is 0.0348. The number of hydrogen-bond acceptors (Lipinski definition) is 5. The highest BCUT2D eigenvalue weighted by Crippen LogP contribution is 2.48. The molecular weight excluding hydrogens is 394 g/mol. The molecule has 0 unspecified atom stereocenters. The first-order valence-electron chi connectivity index (χ1n) is 11.0. The van der Waals surface area contributed by atoms with Crippen molar-refractivity contribution in [1.82, 2.24) is 9.88 Å². The molecule has 4 heterocycles. The Labute approximate surface area is 181 Å². The van der Waals surface area contributed by atoms with Crippen LogP contribution in [0.25, 0.3) is 0 Å². The van der Waals surface area contributed by atoms with Crippen molar-refractivity contribution in [3.8, 4) is 0 Å². The predicted molar refractivity (Wildman–Crippen MR) is 115 cm³/mol. The number of hydrogen-bond donors (Lipinski definition) is 1. The van der Waals surface area contributed by atoms with Gasteiger partial charge >= 0.3 is 0 Å². The third kappa shape index (κ3) is 3.51. The second-order valence-corrected chi connectivity index (χ2v) is 8.54. The highest BCUT2D eigenvalue weighted by Gasteiger charge is 2.55. The van der Waals surface area contributed by atoms with Gasteiger partial charge in [-0.05, 0) is 36.6 Å². The Morgan fingerprint density at radius 1 is 1.10 bits per heavy atom. The summed E-state index contributed by atoms with van der Waals surface area (Å²) in [5.74, 6) is 0.0352. The van der Waals surface area contributed by atoms with Gasteiger partial charge in [0.15, 0.2) is 0 Å². The number of pyridine rings is 1. The van der Waals surface area contributed by atoms with Crippen molar-refractivity contribution in [3.05, 3.63) is 59.9 Å². The Bertz CT molecular complexity index is 960. The molecule has 162 valence electrons.